The molecule has 0 aliphatic heterocycles. The first kappa shape index (κ1) is 12.3. The Morgan fingerprint density at radius 1 is 1.40 bits per heavy atom. The van der Waals surface area contributed by atoms with E-state index in [0.717, 1.165) is 0 Å². The average Bonchev–Trinajstić information content (AvgIpc) is 2.22. The molecule has 0 radical (unpaired) electrons. The summed E-state index contributed by atoms with van der Waals surface area (Å²) >= 11 is 11.6. The van der Waals surface area contributed by atoms with Gasteiger partial charge >= 0.3 is 0 Å². The number of hydrogen-bond acceptors (Lipinski definition) is 2. The Labute approximate surface area is 99.1 Å². The topological polar surface area (TPSA) is 26.3 Å². The van der Waals surface area contributed by atoms with Gasteiger partial charge in [-0.15, -0.1) is 0 Å². The van der Waals surface area contributed by atoms with E-state index in [0.29, 0.717) is 22.2 Å². The molecule has 1 rings (SSSR count). The third-order valence-electron chi connectivity index (χ3n) is 2.01. The highest BCUT2D eigenvalue weighted by Crippen LogP contribution is 2.26. The minimum absolute atomic E-state index is 0.0565. The van der Waals surface area contributed by atoms with Crippen LogP contribution in [0.25, 0.3) is 0 Å². The normalized spacial score (nSPS) is 12.3. The number of benzene rings is 1. The van der Waals surface area contributed by atoms with Gasteiger partial charge in [-0.05, 0) is 19.1 Å². The second-order valence-corrected chi connectivity index (χ2v) is 3.97. The summed E-state index contributed by atoms with van der Waals surface area (Å²) in [7, 11) is 0. The second kappa shape index (κ2) is 5.38. The maximum Gasteiger partial charge on any atom is 0.172 e. The maximum absolute atomic E-state index is 11.3. The number of ketones is 1. The van der Waals surface area contributed by atoms with Crippen molar-refractivity contribution >= 4 is 29.0 Å². The molecule has 82 valence electrons. The molecular weight excluding hydrogens is 235 g/mol. The Morgan fingerprint density at radius 2 is 2.07 bits per heavy atom. The summed E-state index contributed by atoms with van der Waals surface area (Å²) in [5, 5.41) is 0.892. The predicted molar refractivity (Wildman–Crippen MR) is 61.9 cm³/mol. The fraction of sp³-hybridized carbons (Fsp3) is 0.364. The van der Waals surface area contributed by atoms with E-state index >= 15 is 0 Å². The van der Waals surface area contributed by atoms with Crippen LogP contribution >= 0.6 is 23.2 Å². The molecule has 2 nitrogen and oxygen atoms in total. The second-order valence-electron chi connectivity index (χ2n) is 3.16. The Hall–Kier alpha value is -0.730. The molecule has 1 aromatic rings. The van der Waals surface area contributed by atoms with Crippen LogP contribution in [0, 0.1) is 0 Å². The van der Waals surface area contributed by atoms with Crippen LogP contribution in [0.5, 0.6) is 5.75 Å². The predicted octanol–water partition coefficient (Wildman–Crippen LogP) is 3.74. The molecule has 1 atom stereocenters. The van der Waals surface area contributed by atoms with Crippen molar-refractivity contribution in [3.05, 3.63) is 28.2 Å². The smallest absolute Gasteiger partial charge is 0.172 e. The highest BCUT2D eigenvalue weighted by Gasteiger charge is 2.12. The molecule has 0 aliphatic rings. The number of halogens is 2. The van der Waals surface area contributed by atoms with Crippen LogP contribution in [-0.4, -0.2) is 11.9 Å². The zero-order chi connectivity index (χ0) is 11.4. The van der Waals surface area contributed by atoms with Crippen LogP contribution in [0.2, 0.25) is 10.0 Å². The monoisotopic (exact) mass is 246 g/mol. The van der Waals surface area contributed by atoms with Crippen molar-refractivity contribution in [2.24, 2.45) is 0 Å². The zero-order valence-corrected chi connectivity index (χ0v) is 10.1. The highest BCUT2D eigenvalue weighted by molar-refractivity contribution is 6.42. The molecule has 0 N–H and O–H groups in total. The molecule has 0 spiro atoms. The summed E-state index contributed by atoms with van der Waals surface area (Å²) < 4.78 is 5.41. The fourth-order valence-corrected chi connectivity index (χ4v) is 1.40. The first-order valence-corrected chi connectivity index (χ1v) is 5.44. The van der Waals surface area contributed by atoms with Gasteiger partial charge in [-0.25, -0.2) is 0 Å². The van der Waals surface area contributed by atoms with Gasteiger partial charge < -0.3 is 4.74 Å². The molecule has 1 aromatic carbocycles. The lowest BCUT2D eigenvalue weighted by Crippen LogP contribution is -2.22. The lowest BCUT2D eigenvalue weighted by Gasteiger charge is -2.13. The van der Waals surface area contributed by atoms with Gasteiger partial charge in [-0.1, -0.05) is 30.1 Å². The van der Waals surface area contributed by atoms with E-state index in [1.54, 1.807) is 32.0 Å². The molecule has 0 heterocycles. The SMILES string of the molecule is CCC(=O)C(C)Oc1ccc(Cl)c(Cl)c1. The van der Waals surface area contributed by atoms with Crippen molar-refractivity contribution in [3.8, 4) is 5.75 Å². The Morgan fingerprint density at radius 3 is 2.60 bits per heavy atom. The van der Waals surface area contributed by atoms with E-state index in [2.05, 4.69) is 0 Å². The molecule has 0 aromatic heterocycles. The van der Waals surface area contributed by atoms with Crippen molar-refractivity contribution in [1.82, 2.24) is 0 Å². The lowest BCUT2D eigenvalue weighted by molar-refractivity contribution is -0.124. The number of Topliss-reactive ketones (excluding diaryl/α,β-unsaturated/α-hetero) is 1. The Balaban J connectivity index is 2.73. The molecular formula is C11H12Cl2O2. The van der Waals surface area contributed by atoms with Crippen molar-refractivity contribution < 1.29 is 9.53 Å². The molecule has 0 amide bonds. The quantitative estimate of drug-likeness (QED) is 0.810. The molecule has 0 bridgehead atoms. The van der Waals surface area contributed by atoms with Crippen molar-refractivity contribution in [2.75, 3.05) is 0 Å². The summed E-state index contributed by atoms with van der Waals surface area (Å²) in [5.74, 6) is 0.611. The van der Waals surface area contributed by atoms with Crippen LogP contribution in [0.4, 0.5) is 0 Å². The van der Waals surface area contributed by atoms with Crippen molar-refractivity contribution in [2.45, 2.75) is 26.4 Å². The molecule has 0 fully saturated rings. The van der Waals surface area contributed by atoms with E-state index < -0.39 is 6.10 Å². The van der Waals surface area contributed by atoms with E-state index in [9.17, 15) is 4.79 Å². The molecule has 4 heteroatoms. The average molecular weight is 247 g/mol. The van der Waals surface area contributed by atoms with Gasteiger partial charge in [0.05, 0.1) is 10.0 Å². The van der Waals surface area contributed by atoms with Gasteiger partial charge in [-0.2, -0.15) is 0 Å². The number of ether oxygens (including phenoxy) is 1. The summed E-state index contributed by atoms with van der Waals surface area (Å²) in [4.78, 5) is 11.3. The molecule has 15 heavy (non-hydrogen) atoms. The number of rotatable bonds is 4. The number of carbonyl (C=O) groups is 1. The van der Waals surface area contributed by atoms with Crippen LogP contribution < -0.4 is 4.74 Å². The van der Waals surface area contributed by atoms with Crippen LogP contribution in [-0.2, 0) is 4.79 Å². The van der Waals surface area contributed by atoms with Gasteiger partial charge in [0, 0.05) is 12.5 Å². The molecule has 1 unspecified atom stereocenters. The summed E-state index contributed by atoms with van der Waals surface area (Å²) in [6.07, 6.45) is 0.00917. The van der Waals surface area contributed by atoms with Crippen LogP contribution in [0.15, 0.2) is 18.2 Å². The van der Waals surface area contributed by atoms with Gasteiger partial charge in [0.2, 0.25) is 0 Å². The van der Waals surface area contributed by atoms with Gasteiger partial charge in [0.25, 0.3) is 0 Å². The zero-order valence-electron chi connectivity index (χ0n) is 8.59. The maximum atomic E-state index is 11.3. The molecule has 0 saturated heterocycles. The van der Waals surface area contributed by atoms with E-state index in [1.807, 2.05) is 0 Å². The third-order valence-corrected chi connectivity index (χ3v) is 2.74. The highest BCUT2D eigenvalue weighted by atomic mass is 35.5. The van der Waals surface area contributed by atoms with Gasteiger partial charge in [0.1, 0.15) is 5.75 Å². The van der Waals surface area contributed by atoms with Crippen molar-refractivity contribution in [1.29, 1.82) is 0 Å². The van der Waals surface area contributed by atoms with E-state index in [-0.39, 0.29) is 5.78 Å². The Kier molecular flexibility index (Phi) is 4.43. The molecule has 0 aliphatic carbocycles. The number of hydrogen-bond donors (Lipinski definition) is 0. The van der Waals surface area contributed by atoms with Gasteiger partial charge in [-0.3, -0.25) is 4.79 Å². The van der Waals surface area contributed by atoms with E-state index in [4.69, 9.17) is 27.9 Å². The first-order valence-electron chi connectivity index (χ1n) is 4.69. The summed E-state index contributed by atoms with van der Waals surface area (Å²) in [6, 6.07) is 4.93. The lowest BCUT2D eigenvalue weighted by atomic mass is 10.2. The summed E-state index contributed by atoms with van der Waals surface area (Å²) in [6.45, 7) is 3.52. The third kappa shape index (κ3) is 3.40. The van der Waals surface area contributed by atoms with Crippen molar-refractivity contribution in [3.63, 3.8) is 0 Å². The minimum atomic E-state index is -0.452. The molecule has 0 saturated carbocycles. The van der Waals surface area contributed by atoms with Gasteiger partial charge in [0.15, 0.2) is 11.9 Å². The van der Waals surface area contributed by atoms with Crippen LogP contribution in [0.1, 0.15) is 20.3 Å². The van der Waals surface area contributed by atoms with E-state index in [1.165, 1.54) is 0 Å². The number of carbonyl (C=O) groups excluding carboxylic acids is 1. The largest absolute Gasteiger partial charge is 0.483 e. The minimum Gasteiger partial charge on any atom is -0.483 e. The standard InChI is InChI=1S/C11H12Cl2O2/c1-3-11(14)7(2)15-8-4-5-9(12)10(13)6-8/h4-7H,3H2,1-2H3. The Bertz CT molecular complexity index is 364. The van der Waals surface area contributed by atoms with Crippen LogP contribution in [0.3, 0.4) is 0 Å². The first-order chi connectivity index (χ1) is 7.04. The summed E-state index contributed by atoms with van der Waals surface area (Å²) in [5.41, 5.74) is 0. The fourth-order valence-electron chi connectivity index (χ4n) is 1.11.